The first-order valence-corrected chi connectivity index (χ1v) is 7.90. The summed E-state index contributed by atoms with van der Waals surface area (Å²) in [6.07, 6.45) is 1.79. The smallest absolute Gasteiger partial charge is 0.310 e. The number of nitrogens with zero attached hydrogens (tertiary/aromatic N) is 2. The molecule has 2 aliphatic heterocycles. The van der Waals surface area contributed by atoms with Gasteiger partial charge >= 0.3 is 5.97 Å². The predicted molar refractivity (Wildman–Crippen MR) is 77.8 cm³/mol. The highest BCUT2D eigenvalue weighted by molar-refractivity contribution is 5.81. The number of hydrogen-bond acceptors (Lipinski definition) is 5. The minimum atomic E-state index is -0.180. The zero-order chi connectivity index (χ0) is 15.2. The highest BCUT2D eigenvalue weighted by Crippen LogP contribution is 2.20. The molecule has 2 aliphatic rings. The van der Waals surface area contributed by atoms with Crippen molar-refractivity contribution in [3.05, 3.63) is 0 Å². The number of piperidine rings is 1. The van der Waals surface area contributed by atoms with Gasteiger partial charge in [-0.25, -0.2) is 0 Å². The topological polar surface area (TPSA) is 59.1 Å². The van der Waals surface area contributed by atoms with E-state index in [1.807, 2.05) is 18.7 Å². The van der Waals surface area contributed by atoms with Crippen LogP contribution in [-0.4, -0.2) is 73.7 Å². The van der Waals surface area contributed by atoms with Crippen LogP contribution in [0.5, 0.6) is 0 Å². The van der Waals surface area contributed by atoms with Gasteiger partial charge in [0.05, 0.1) is 31.8 Å². The second kappa shape index (κ2) is 7.75. The summed E-state index contributed by atoms with van der Waals surface area (Å²) in [7, 11) is 0. The van der Waals surface area contributed by atoms with Gasteiger partial charge in [0.25, 0.3) is 0 Å². The van der Waals surface area contributed by atoms with Crippen LogP contribution in [0.25, 0.3) is 0 Å². The second-order valence-corrected chi connectivity index (χ2v) is 5.70. The predicted octanol–water partition coefficient (Wildman–Crippen LogP) is 0.509. The first-order chi connectivity index (χ1) is 10.1. The van der Waals surface area contributed by atoms with Crippen molar-refractivity contribution < 1.29 is 19.1 Å². The van der Waals surface area contributed by atoms with Gasteiger partial charge in [0, 0.05) is 19.6 Å². The fourth-order valence-corrected chi connectivity index (χ4v) is 3.01. The average molecular weight is 298 g/mol. The van der Waals surface area contributed by atoms with E-state index in [-0.39, 0.29) is 23.8 Å². The number of carbonyl (C=O) groups excluding carboxylic acids is 2. The lowest BCUT2D eigenvalue weighted by molar-refractivity contribution is -0.152. The summed E-state index contributed by atoms with van der Waals surface area (Å²) >= 11 is 0. The monoisotopic (exact) mass is 298 g/mol. The second-order valence-electron chi connectivity index (χ2n) is 5.70. The summed E-state index contributed by atoms with van der Waals surface area (Å²) in [6.45, 7) is 8.22. The number of morpholine rings is 1. The molecule has 0 aromatic heterocycles. The molecule has 2 heterocycles. The number of rotatable bonds is 4. The zero-order valence-corrected chi connectivity index (χ0v) is 13.0. The van der Waals surface area contributed by atoms with Gasteiger partial charge in [-0.1, -0.05) is 0 Å². The largest absolute Gasteiger partial charge is 0.466 e. The number of hydrogen-bond donors (Lipinski definition) is 0. The van der Waals surface area contributed by atoms with E-state index >= 15 is 0 Å². The molecule has 120 valence electrons. The van der Waals surface area contributed by atoms with Gasteiger partial charge in [0.1, 0.15) is 0 Å². The minimum Gasteiger partial charge on any atom is -0.466 e. The zero-order valence-electron chi connectivity index (χ0n) is 13.0. The molecule has 21 heavy (non-hydrogen) atoms. The van der Waals surface area contributed by atoms with E-state index in [9.17, 15) is 9.59 Å². The Hall–Kier alpha value is -1.14. The van der Waals surface area contributed by atoms with Gasteiger partial charge in [-0.3, -0.25) is 14.5 Å². The Balaban J connectivity index is 1.90. The lowest BCUT2D eigenvalue weighted by Gasteiger charge is -2.38. The summed E-state index contributed by atoms with van der Waals surface area (Å²) in [4.78, 5) is 28.4. The van der Waals surface area contributed by atoms with Gasteiger partial charge < -0.3 is 14.4 Å². The Morgan fingerprint density at radius 2 is 2.00 bits per heavy atom. The molecule has 0 radical (unpaired) electrons. The molecule has 6 heteroatoms. The fraction of sp³-hybridized carbons (Fsp3) is 0.867. The maximum atomic E-state index is 12.5. The highest BCUT2D eigenvalue weighted by atomic mass is 16.5. The molecule has 0 aliphatic carbocycles. The van der Waals surface area contributed by atoms with Crippen LogP contribution in [0, 0.1) is 5.92 Å². The van der Waals surface area contributed by atoms with E-state index in [0.717, 1.165) is 19.4 Å². The SMILES string of the molecule is CCOC(=O)C1CCCN(C(C)C(=O)N2CCOCC2)C1. The van der Waals surface area contributed by atoms with Crippen molar-refractivity contribution in [3.63, 3.8) is 0 Å². The summed E-state index contributed by atoms with van der Waals surface area (Å²) in [6, 6.07) is -0.180. The van der Waals surface area contributed by atoms with Crippen molar-refractivity contribution >= 4 is 11.9 Å². The summed E-state index contributed by atoms with van der Waals surface area (Å²) in [5.74, 6) is -0.0883. The van der Waals surface area contributed by atoms with E-state index in [1.54, 1.807) is 0 Å². The summed E-state index contributed by atoms with van der Waals surface area (Å²) in [5, 5.41) is 0. The molecule has 2 atom stereocenters. The van der Waals surface area contributed by atoms with Crippen LogP contribution in [0.2, 0.25) is 0 Å². The molecular weight excluding hydrogens is 272 g/mol. The Bertz CT molecular complexity index is 369. The number of likely N-dealkylation sites (tertiary alicyclic amines) is 1. The minimum absolute atomic E-state index is 0.0985. The van der Waals surface area contributed by atoms with Crippen LogP contribution in [0.15, 0.2) is 0 Å². The van der Waals surface area contributed by atoms with Gasteiger partial charge in [0.15, 0.2) is 0 Å². The fourth-order valence-electron chi connectivity index (χ4n) is 3.01. The van der Waals surface area contributed by atoms with Crippen molar-refractivity contribution in [2.24, 2.45) is 5.92 Å². The van der Waals surface area contributed by atoms with Gasteiger partial charge in [-0.2, -0.15) is 0 Å². The third-order valence-electron chi connectivity index (χ3n) is 4.30. The molecule has 2 saturated heterocycles. The van der Waals surface area contributed by atoms with E-state index in [1.165, 1.54) is 0 Å². The van der Waals surface area contributed by atoms with Crippen molar-refractivity contribution in [1.82, 2.24) is 9.80 Å². The van der Waals surface area contributed by atoms with Crippen LogP contribution >= 0.6 is 0 Å². The number of carbonyl (C=O) groups is 2. The standard InChI is InChI=1S/C15H26N2O4/c1-3-21-15(19)13-5-4-6-17(11-13)12(2)14(18)16-7-9-20-10-8-16/h12-13H,3-11H2,1-2H3. The Morgan fingerprint density at radius 1 is 1.29 bits per heavy atom. The molecule has 0 aromatic rings. The van der Waals surface area contributed by atoms with Crippen molar-refractivity contribution in [2.75, 3.05) is 46.0 Å². The molecule has 2 rings (SSSR count). The van der Waals surface area contributed by atoms with Crippen LogP contribution in [0.3, 0.4) is 0 Å². The molecular formula is C15H26N2O4. The van der Waals surface area contributed by atoms with Crippen LogP contribution in [-0.2, 0) is 19.1 Å². The van der Waals surface area contributed by atoms with E-state index < -0.39 is 0 Å². The molecule has 0 aromatic carbocycles. The normalized spacial score (nSPS) is 25.4. The molecule has 0 spiro atoms. The first kappa shape index (κ1) is 16.2. The van der Waals surface area contributed by atoms with Gasteiger partial charge in [-0.05, 0) is 33.2 Å². The van der Waals surface area contributed by atoms with Gasteiger partial charge in [0.2, 0.25) is 5.91 Å². The molecule has 2 unspecified atom stereocenters. The van der Waals surface area contributed by atoms with E-state index in [4.69, 9.17) is 9.47 Å². The van der Waals surface area contributed by atoms with Crippen molar-refractivity contribution in [3.8, 4) is 0 Å². The Labute approximate surface area is 126 Å². The third-order valence-corrected chi connectivity index (χ3v) is 4.30. The maximum absolute atomic E-state index is 12.5. The Morgan fingerprint density at radius 3 is 2.67 bits per heavy atom. The lowest BCUT2D eigenvalue weighted by atomic mass is 9.96. The van der Waals surface area contributed by atoms with Crippen LogP contribution in [0.1, 0.15) is 26.7 Å². The van der Waals surface area contributed by atoms with E-state index in [0.29, 0.717) is 39.5 Å². The van der Waals surface area contributed by atoms with Crippen LogP contribution in [0.4, 0.5) is 0 Å². The Kier molecular flexibility index (Phi) is 5.99. The van der Waals surface area contributed by atoms with Gasteiger partial charge in [-0.15, -0.1) is 0 Å². The number of esters is 1. The molecule has 6 nitrogen and oxygen atoms in total. The first-order valence-electron chi connectivity index (χ1n) is 7.90. The van der Waals surface area contributed by atoms with Crippen LogP contribution < -0.4 is 0 Å². The average Bonchev–Trinajstić information content (AvgIpc) is 2.54. The number of ether oxygens (including phenoxy) is 2. The molecule has 0 saturated carbocycles. The highest BCUT2D eigenvalue weighted by Gasteiger charge is 2.33. The summed E-state index contributed by atoms with van der Waals surface area (Å²) in [5.41, 5.74) is 0. The molecule has 0 bridgehead atoms. The van der Waals surface area contributed by atoms with E-state index in [2.05, 4.69) is 4.90 Å². The summed E-state index contributed by atoms with van der Waals surface area (Å²) < 4.78 is 10.4. The molecule has 2 fully saturated rings. The van der Waals surface area contributed by atoms with Crippen molar-refractivity contribution in [1.29, 1.82) is 0 Å². The van der Waals surface area contributed by atoms with Crippen molar-refractivity contribution in [2.45, 2.75) is 32.7 Å². The quantitative estimate of drug-likeness (QED) is 0.708. The molecule has 1 amide bonds. The lowest BCUT2D eigenvalue weighted by Crippen LogP contribution is -2.53. The maximum Gasteiger partial charge on any atom is 0.310 e. The third kappa shape index (κ3) is 4.17. The number of amides is 1. The molecule has 0 N–H and O–H groups in total.